The van der Waals surface area contributed by atoms with Gasteiger partial charge in [-0.15, -0.1) is 16.4 Å². The number of carbonyl (C=O) groups is 1. The van der Waals surface area contributed by atoms with Crippen LogP contribution in [0, 0.1) is 0 Å². The Hall–Kier alpha value is -3.78. The number of aromatic nitrogens is 3. The van der Waals surface area contributed by atoms with Crippen LogP contribution in [-0.2, 0) is 27.8 Å². The van der Waals surface area contributed by atoms with E-state index in [1.165, 1.54) is 25.1 Å². The van der Waals surface area contributed by atoms with E-state index < -0.39 is 22.0 Å². The van der Waals surface area contributed by atoms with Gasteiger partial charge in [-0.05, 0) is 35.4 Å². The Labute approximate surface area is 217 Å². The van der Waals surface area contributed by atoms with Gasteiger partial charge in [-0.1, -0.05) is 41.6 Å². The first-order valence-corrected chi connectivity index (χ1v) is 13.3. The number of benzene rings is 2. The highest BCUT2D eigenvalue weighted by atomic mass is 32.2. The molecule has 194 valence electrons. The van der Waals surface area contributed by atoms with Gasteiger partial charge in [-0.25, -0.2) is 23.3 Å². The Balaban J connectivity index is 1.47. The highest BCUT2D eigenvalue weighted by molar-refractivity contribution is 7.91. The first kappa shape index (κ1) is 26.3. The zero-order valence-corrected chi connectivity index (χ0v) is 21.6. The molecule has 2 aromatic carbocycles. The summed E-state index contributed by atoms with van der Waals surface area (Å²) >= 11 is 1.16. The fraction of sp³-hybridized carbons (Fsp3) is 0.208. The summed E-state index contributed by atoms with van der Waals surface area (Å²) in [6.07, 6.45) is 1.60. The van der Waals surface area contributed by atoms with Crippen LogP contribution in [0.2, 0.25) is 0 Å². The third-order valence-corrected chi connectivity index (χ3v) is 8.54. The fourth-order valence-electron chi connectivity index (χ4n) is 3.62. The van der Waals surface area contributed by atoms with Gasteiger partial charge in [-0.2, -0.15) is 0 Å². The van der Waals surface area contributed by atoms with Gasteiger partial charge in [0.2, 0.25) is 10.0 Å². The SMILES string of the molecule is COc1ccc(C[C@@H](C(=O)NO)n2cc(CNS(=O)(=O)c3ccc(-c4ccccc4)s3)nn2)cc1OC. The van der Waals surface area contributed by atoms with E-state index in [0.29, 0.717) is 17.2 Å². The van der Waals surface area contributed by atoms with Crippen LogP contribution in [0.1, 0.15) is 17.3 Å². The first-order valence-electron chi connectivity index (χ1n) is 11.0. The highest BCUT2D eigenvalue weighted by Crippen LogP contribution is 2.31. The van der Waals surface area contributed by atoms with E-state index in [4.69, 9.17) is 9.47 Å². The second-order valence-corrected chi connectivity index (χ2v) is 11.0. The van der Waals surface area contributed by atoms with Crippen molar-refractivity contribution in [3.8, 4) is 21.9 Å². The van der Waals surface area contributed by atoms with Crippen LogP contribution in [0.25, 0.3) is 10.4 Å². The van der Waals surface area contributed by atoms with Gasteiger partial charge >= 0.3 is 0 Å². The average Bonchev–Trinajstić information content (AvgIpc) is 3.61. The summed E-state index contributed by atoms with van der Waals surface area (Å²) in [5.41, 5.74) is 3.59. The van der Waals surface area contributed by atoms with E-state index in [1.54, 1.807) is 35.8 Å². The lowest BCUT2D eigenvalue weighted by Crippen LogP contribution is -2.32. The van der Waals surface area contributed by atoms with Crippen LogP contribution in [-0.4, -0.2) is 48.7 Å². The molecule has 37 heavy (non-hydrogen) atoms. The molecule has 0 aliphatic carbocycles. The molecular formula is C24H25N5O6S2. The Kier molecular flexibility index (Phi) is 8.18. The molecule has 0 aliphatic rings. The quantitative estimate of drug-likeness (QED) is 0.193. The van der Waals surface area contributed by atoms with Gasteiger partial charge in [0, 0.05) is 11.3 Å². The third kappa shape index (κ3) is 6.14. The van der Waals surface area contributed by atoms with Crippen LogP contribution in [0.3, 0.4) is 0 Å². The van der Waals surface area contributed by atoms with Crippen molar-refractivity contribution in [1.82, 2.24) is 25.2 Å². The smallest absolute Gasteiger partial charge is 0.268 e. The minimum atomic E-state index is -3.79. The number of ether oxygens (including phenoxy) is 2. The summed E-state index contributed by atoms with van der Waals surface area (Å²) < 4.78 is 40.1. The minimum Gasteiger partial charge on any atom is -0.493 e. The monoisotopic (exact) mass is 543 g/mol. The normalized spacial score (nSPS) is 12.2. The van der Waals surface area contributed by atoms with E-state index in [2.05, 4.69) is 15.0 Å². The number of sulfonamides is 1. The van der Waals surface area contributed by atoms with Crippen molar-refractivity contribution in [1.29, 1.82) is 0 Å². The number of rotatable bonds is 11. The lowest BCUT2D eigenvalue weighted by molar-refractivity contribution is -0.133. The topological polar surface area (TPSA) is 145 Å². The van der Waals surface area contributed by atoms with E-state index in [0.717, 1.165) is 27.3 Å². The van der Waals surface area contributed by atoms with E-state index in [1.807, 2.05) is 30.3 Å². The second-order valence-electron chi connectivity index (χ2n) is 7.88. The second kappa shape index (κ2) is 11.5. The Bertz CT molecular complexity index is 1470. The maximum absolute atomic E-state index is 12.8. The van der Waals surface area contributed by atoms with Crippen LogP contribution in [0.5, 0.6) is 11.5 Å². The van der Waals surface area contributed by atoms with Crippen molar-refractivity contribution in [3.05, 3.63) is 78.1 Å². The number of methoxy groups -OCH3 is 2. The number of nitrogens with one attached hydrogen (secondary N) is 2. The van der Waals surface area contributed by atoms with Crippen LogP contribution in [0.15, 0.2) is 71.1 Å². The molecule has 0 saturated carbocycles. The molecule has 2 heterocycles. The van der Waals surface area contributed by atoms with Gasteiger partial charge in [-0.3, -0.25) is 10.0 Å². The molecule has 0 bridgehead atoms. The summed E-state index contributed by atoms with van der Waals surface area (Å²) in [5, 5.41) is 17.2. The van der Waals surface area contributed by atoms with Gasteiger partial charge < -0.3 is 9.47 Å². The zero-order valence-electron chi connectivity index (χ0n) is 20.0. The number of thiophene rings is 1. The first-order chi connectivity index (χ1) is 17.8. The van der Waals surface area contributed by atoms with Crippen molar-refractivity contribution < 1.29 is 27.9 Å². The fourth-order valence-corrected chi connectivity index (χ4v) is 5.98. The lowest BCUT2D eigenvalue weighted by atomic mass is 10.0. The number of amides is 1. The number of hydrogen-bond donors (Lipinski definition) is 3. The van der Waals surface area contributed by atoms with Gasteiger partial charge in [0.25, 0.3) is 5.91 Å². The van der Waals surface area contributed by atoms with E-state index in [9.17, 15) is 18.4 Å². The third-order valence-electron chi connectivity index (χ3n) is 5.51. The van der Waals surface area contributed by atoms with Crippen LogP contribution < -0.4 is 19.7 Å². The summed E-state index contributed by atoms with van der Waals surface area (Å²) in [6, 6.07) is 17.0. The highest BCUT2D eigenvalue weighted by Gasteiger charge is 2.24. The molecule has 4 rings (SSSR count). The Morgan fingerprint density at radius 3 is 2.54 bits per heavy atom. The molecule has 1 amide bonds. The minimum absolute atomic E-state index is 0.134. The van der Waals surface area contributed by atoms with Gasteiger partial charge in [0.05, 0.1) is 32.7 Å². The van der Waals surface area contributed by atoms with Crippen molar-refractivity contribution in [2.75, 3.05) is 14.2 Å². The van der Waals surface area contributed by atoms with E-state index >= 15 is 0 Å². The predicted molar refractivity (Wildman–Crippen MR) is 136 cm³/mol. The van der Waals surface area contributed by atoms with Crippen molar-refractivity contribution in [2.45, 2.75) is 23.2 Å². The molecule has 0 unspecified atom stereocenters. The Morgan fingerprint density at radius 2 is 1.84 bits per heavy atom. The summed E-state index contributed by atoms with van der Waals surface area (Å²) in [7, 11) is -0.772. The van der Waals surface area contributed by atoms with Gasteiger partial charge in [0.1, 0.15) is 10.3 Å². The van der Waals surface area contributed by atoms with Crippen molar-refractivity contribution >= 4 is 27.3 Å². The van der Waals surface area contributed by atoms with E-state index in [-0.39, 0.29) is 17.2 Å². The van der Waals surface area contributed by atoms with Gasteiger partial charge in [0.15, 0.2) is 11.5 Å². The van der Waals surface area contributed by atoms with Crippen molar-refractivity contribution in [2.24, 2.45) is 0 Å². The molecular weight excluding hydrogens is 518 g/mol. The number of carbonyl (C=O) groups excluding carboxylic acids is 1. The number of hydrogen-bond acceptors (Lipinski definition) is 9. The van der Waals surface area contributed by atoms with Crippen LogP contribution in [0.4, 0.5) is 0 Å². The van der Waals surface area contributed by atoms with Crippen molar-refractivity contribution in [3.63, 3.8) is 0 Å². The molecule has 2 aromatic heterocycles. The largest absolute Gasteiger partial charge is 0.493 e. The molecule has 0 radical (unpaired) electrons. The predicted octanol–water partition coefficient (Wildman–Crippen LogP) is 2.79. The van der Waals surface area contributed by atoms with Crippen LogP contribution >= 0.6 is 11.3 Å². The zero-order chi connectivity index (χ0) is 26.4. The molecule has 0 aliphatic heterocycles. The molecule has 13 heteroatoms. The molecule has 11 nitrogen and oxygen atoms in total. The molecule has 1 atom stereocenters. The summed E-state index contributed by atoms with van der Waals surface area (Å²) in [6.45, 7) is -0.134. The number of hydroxylamine groups is 1. The molecule has 3 N–H and O–H groups in total. The summed E-state index contributed by atoms with van der Waals surface area (Å²) in [4.78, 5) is 13.2. The maximum Gasteiger partial charge on any atom is 0.268 e. The molecule has 0 spiro atoms. The standard InChI is InChI=1S/C24H25N5O6S2/c1-34-20-9-8-16(13-21(20)35-2)12-19(24(30)27-31)29-15-18(26-28-29)14-25-37(32,33)23-11-10-22(36-23)17-6-4-3-5-7-17/h3-11,13,15,19,25,31H,12,14H2,1-2H3,(H,27,30)/t19-/m0/s1. The Morgan fingerprint density at radius 1 is 1.08 bits per heavy atom. The average molecular weight is 544 g/mol. The number of nitrogens with zero attached hydrogens (tertiary/aromatic N) is 3. The molecule has 0 saturated heterocycles. The lowest BCUT2D eigenvalue weighted by Gasteiger charge is -2.16. The molecule has 4 aromatic rings. The summed E-state index contributed by atoms with van der Waals surface area (Å²) in [5.74, 6) is 0.311. The molecule has 0 fully saturated rings. The maximum atomic E-state index is 12.8.